The van der Waals surface area contributed by atoms with E-state index in [9.17, 15) is 28.7 Å². The number of aliphatic hydroxyl groups is 1. The molecule has 0 aliphatic carbocycles. The van der Waals surface area contributed by atoms with Crippen LogP contribution < -0.4 is 0 Å². The van der Waals surface area contributed by atoms with Gasteiger partial charge in [0.15, 0.2) is 0 Å². The summed E-state index contributed by atoms with van der Waals surface area (Å²) in [7, 11) is -7.37. The molecule has 1 fully saturated rings. The fraction of sp³-hybridized carbons (Fsp3) is 1.00. The molecule has 5 N–H and O–H groups in total. The number of hydrogen-bond acceptors (Lipinski definition) is 3. The van der Waals surface area contributed by atoms with Gasteiger partial charge in [0.05, 0.1) is 20.6 Å². The van der Waals surface area contributed by atoms with Crippen molar-refractivity contribution in [2.24, 2.45) is 5.92 Å². The summed E-state index contributed by atoms with van der Waals surface area (Å²) in [6.07, 6.45) is 0.829. The van der Waals surface area contributed by atoms with Crippen molar-refractivity contribution in [3.8, 4) is 0 Å². The lowest BCUT2D eigenvalue weighted by Crippen LogP contribution is -2.65. The van der Waals surface area contributed by atoms with E-state index in [0.717, 1.165) is 0 Å². The Morgan fingerprint density at radius 1 is 1.16 bits per heavy atom. The minimum atomic E-state index is -5.10. The normalized spacial score (nSPS) is 27.2. The highest BCUT2D eigenvalue weighted by Crippen LogP contribution is 2.76. The Kier molecular flexibility index (Phi) is 4.73. The summed E-state index contributed by atoms with van der Waals surface area (Å²) >= 11 is 0. The molecule has 8 nitrogen and oxygen atoms in total. The SMILES string of the molecule is C[N+]1(C)CCCC(CCO)C1(P(=O)(O)O)P(=O)(O)O. The Morgan fingerprint density at radius 3 is 2.00 bits per heavy atom. The van der Waals surface area contributed by atoms with Crippen molar-refractivity contribution in [2.75, 3.05) is 27.2 Å². The molecule has 0 aromatic heterocycles. The average Bonchev–Trinajstić information content (AvgIpc) is 2.11. The van der Waals surface area contributed by atoms with E-state index in [0.29, 0.717) is 6.42 Å². The van der Waals surface area contributed by atoms with Crippen LogP contribution in [0.4, 0.5) is 0 Å². The van der Waals surface area contributed by atoms with Gasteiger partial charge in [-0.25, -0.2) is 0 Å². The molecule has 114 valence electrons. The zero-order valence-corrected chi connectivity index (χ0v) is 12.8. The standard InChI is InChI=1S/C9H21NO7P2/c1-10(2)6-3-4-8(5-7-11)9(10,18(12,13)14)19(15,16)17/h8,11H,3-7H2,1-2H3,(H3-,12,13,14,15,16,17)/p+1. The molecule has 1 atom stereocenters. The fourth-order valence-corrected chi connectivity index (χ4v) is 7.87. The van der Waals surface area contributed by atoms with Crippen LogP contribution in [0.5, 0.6) is 0 Å². The van der Waals surface area contributed by atoms with Gasteiger partial charge >= 0.3 is 20.2 Å². The van der Waals surface area contributed by atoms with Gasteiger partial charge in [-0.2, -0.15) is 0 Å². The number of piperidine rings is 1. The lowest BCUT2D eigenvalue weighted by atomic mass is 9.93. The maximum Gasteiger partial charge on any atom is 0.398 e. The van der Waals surface area contributed by atoms with Gasteiger partial charge in [-0.05, 0) is 19.3 Å². The Balaban J connectivity index is 3.59. The largest absolute Gasteiger partial charge is 0.398 e. The van der Waals surface area contributed by atoms with Gasteiger partial charge in [-0.3, -0.25) is 9.13 Å². The second kappa shape index (κ2) is 5.20. The molecule has 0 amide bonds. The number of nitrogens with zero attached hydrogens (tertiary/aromatic N) is 1. The summed E-state index contributed by atoms with van der Waals surface area (Å²) in [6, 6.07) is 0. The molecule has 10 heteroatoms. The predicted octanol–water partition coefficient (Wildman–Crippen LogP) is -0.136. The second-order valence-corrected chi connectivity index (χ2v) is 9.43. The van der Waals surface area contributed by atoms with Crippen LogP contribution >= 0.6 is 15.2 Å². The number of aliphatic hydroxyl groups excluding tert-OH is 1. The topological polar surface area (TPSA) is 135 Å². The molecule has 0 saturated carbocycles. The smallest absolute Gasteiger partial charge is 0.396 e. The third-order valence-electron chi connectivity index (χ3n) is 4.04. The van der Waals surface area contributed by atoms with Gasteiger partial charge in [0.25, 0.3) is 0 Å². The Hall–Kier alpha value is 0.220. The molecule has 0 aromatic carbocycles. The summed E-state index contributed by atoms with van der Waals surface area (Å²) in [5, 5.41) is 6.57. The molecular weight excluding hydrogens is 296 g/mol. The molecule has 0 bridgehead atoms. The van der Waals surface area contributed by atoms with Gasteiger partial charge in [-0.1, -0.05) is 0 Å². The first-order valence-electron chi connectivity index (χ1n) is 5.97. The number of hydrogen-bond donors (Lipinski definition) is 5. The molecular formula is C9H22NO7P2+. The van der Waals surface area contributed by atoms with Crippen LogP contribution in [0, 0.1) is 5.92 Å². The molecule has 1 heterocycles. The van der Waals surface area contributed by atoms with Crippen LogP contribution in [0.1, 0.15) is 19.3 Å². The quantitative estimate of drug-likeness (QED) is 0.360. The Bertz CT molecular complexity index is 402. The lowest BCUT2D eigenvalue weighted by molar-refractivity contribution is -0.924. The summed E-state index contributed by atoms with van der Waals surface area (Å²) in [4.78, 5) is 38.7. The molecule has 1 aliphatic rings. The van der Waals surface area contributed by atoms with Crippen LogP contribution in [-0.2, 0) is 9.13 Å². The predicted molar refractivity (Wildman–Crippen MR) is 68.2 cm³/mol. The molecule has 19 heavy (non-hydrogen) atoms. The summed E-state index contributed by atoms with van der Waals surface area (Å²) < 4.78 is 23.5. The van der Waals surface area contributed by atoms with Crippen LogP contribution in [0.15, 0.2) is 0 Å². The molecule has 1 unspecified atom stereocenters. The van der Waals surface area contributed by atoms with Crippen molar-refractivity contribution in [1.29, 1.82) is 0 Å². The van der Waals surface area contributed by atoms with Gasteiger partial charge in [0.1, 0.15) is 0 Å². The summed E-state index contributed by atoms with van der Waals surface area (Å²) in [5.74, 6) is -0.928. The van der Waals surface area contributed by atoms with Crippen LogP contribution in [0.25, 0.3) is 0 Å². The third kappa shape index (κ3) is 2.57. The number of likely N-dealkylation sites (tertiary alicyclic amines) is 1. The monoisotopic (exact) mass is 318 g/mol. The Morgan fingerprint density at radius 2 is 1.63 bits per heavy atom. The average molecular weight is 318 g/mol. The molecule has 1 aliphatic heterocycles. The summed E-state index contributed by atoms with van der Waals surface area (Å²) in [6.45, 7) is -0.107. The van der Waals surface area contributed by atoms with Crippen molar-refractivity contribution in [3.05, 3.63) is 0 Å². The van der Waals surface area contributed by atoms with E-state index in [1.807, 2.05) is 0 Å². The van der Waals surface area contributed by atoms with E-state index in [2.05, 4.69) is 0 Å². The zero-order valence-electron chi connectivity index (χ0n) is 11.0. The Labute approximate surface area is 112 Å². The van der Waals surface area contributed by atoms with Crippen LogP contribution in [-0.4, -0.2) is 61.4 Å². The van der Waals surface area contributed by atoms with Crippen molar-refractivity contribution in [1.82, 2.24) is 0 Å². The van der Waals surface area contributed by atoms with Gasteiger partial charge in [0.2, 0.25) is 0 Å². The van der Waals surface area contributed by atoms with E-state index in [1.54, 1.807) is 0 Å². The van der Waals surface area contributed by atoms with Crippen LogP contribution in [0.2, 0.25) is 0 Å². The van der Waals surface area contributed by atoms with Gasteiger partial charge in [-0.15, -0.1) is 0 Å². The first-order valence-corrected chi connectivity index (χ1v) is 9.19. The molecule has 0 spiro atoms. The summed E-state index contributed by atoms with van der Waals surface area (Å²) in [5.41, 5.74) is 0. The maximum atomic E-state index is 12.0. The molecule has 1 saturated heterocycles. The number of rotatable bonds is 4. The zero-order chi connectivity index (χ0) is 15.1. The minimum Gasteiger partial charge on any atom is -0.396 e. The first-order chi connectivity index (χ1) is 8.42. The van der Waals surface area contributed by atoms with Crippen LogP contribution in [0.3, 0.4) is 0 Å². The first kappa shape index (κ1) is 17.3. The highest BCUT2D eigenvalue weighted by Gasteiger charge is 2.75. The van der Waals surface area contributed by atoms with E-state index < -0.39 is 30.6 Å². The van der Waals surface area contributed by atoms with Crippen molar-refractivity contribution in [3.63, 3.8) is 0 Å². The van der Waals surface area contributed by atoms with E-state index in [4.69, 9.17) is 5.11 Å². The van der Waals surface area contributed by atoms with E-state index in [1.165, 1.54) is 14.1 Å². The molecule has 0 aromatic rings. The van der Waals surface area contributed by atoms with Crippen molar-refractivity contribution >= 4 is 15.2 Å². The van der Waals surface area contributed by atoms with Crippen molar-refractivity contribution < 1.29 is 38.3 Å². The minimum absolute atomic E-state index is 0.0437. The second-order valence-electron chi connectivity index (χ2n) is 5.54. The maximum absolute atomic E-state index is 12.0. The van der Waals surface area contributed by atoms with Crippen molar-refractivity contribution in [2.45, 2.75) is 24.3 Å². The lowest BCUT2D eigenvalue weighted by Gasteiger charge is -2.54. The van der Waals surface area contributed by atoms with Gasteiger partial charge in [0, 0.05) is 12.5 Å². The molecule has 1 rings (SSSR count). The third-order valence-corrected chi connectivity index (χ3v) is 9.13. The number of quaternary nitrogens is 1. The fourth-order valence-electron chi connectivity index (χ4n) is 3.43. The van der Waals surface area contributed by atoms with Gasteiger partial charge < -0.3 is 29.2 Å². The molecule has 0 radical (unpaired) electrons. The highest BCUT2D eigenvalue weighted by atomic mass is 31.2. The van der Waals surface area contributed by atoms with E-state index in [-0.39, 0.29) is 26.0 Å². The highest BCUT2D eigenvalue weighted by molar-refractivity contribution is 7.72. The van der Waals surface area contributed by atoms with E-state index >= 15 is 0 Å².